The Morgan fingerprint density at radius 2 is 2.05 bits per heavy atom. The van der Waals surface area contributed by atoms with E-state index in [1.165, 1.54) is 11.3 Å². The quantitative estimate of drug-likeness (QED) is 0.846. The van der Waals surface area contributed by atoms with Crippen molar-refractivity contribution in [3.63, 3.8) is 0 Å². The number of nitrogens with zero attached hydrogens (tertiary/aromatic N) is 1. The van der Waals surface area contributed by atoms with Crippen LogP contribution < -0.4 is 0 Å². The first kappa shape index (κ1) is 12.8. The van der Waals surface area contributed by atoms with Gasteiger partial charge in [0.25, 0.3) is 5.91 Å². The Hall–Kier alpha value is -1.26. The van der Waals surface area contributed by atoms with Crippen LogP contribution in [-0.2, 0) is 13.0 Å². The number of amides is 1. The van der Waals surface area contributed by atoms with Gasteiger partial charge < -0.3 is 9.88 Å². The fraction of sp³-hybridized carbons (Fsp3) is 0.214. The van der Waals surface area contributed by atoms with E-state index in [0.29, 0.717) is 17.1 Å². The van der Waals surface area contributed by atoms with Gasteiger partial charge in [0.15, 0.2) is 0 Å². The van der Waals surface area contributed by atoms with Gasteiger partial charge in [-0.25, -0.2) is 0 Å². The Balaban J connectivity index is 1.81. The van der Waals surface area contributed by atoms with Crippen LogP contribution in [-0.4, -0.2) is 22.3 Å². The number of halogens is 2. The monoisotopic (exact) mass is 338 g/mol. The number of hydrogen-bond acceptors (Lipinski definition) is 1. The molecule has 0 fully saturated rings. The van der Waals surface area contributed by atoms with Crippen LogP contribution in [0.1, 0.15) is 21.6 Å². The minimum Gasteiger partial charge on any atom is -0.353 e. The second kappa shape index (κ2) is 5.02. The molecule has 2 aromatic rings. The van der Waals surface area contributed by atoms with Gasteiger partial charge in [-0.15, -0.1) is 0 Å². The predicted octanol–water partition coefficient (Wildman–Crippen LogP) is 3.63. The van der Waals surface area contributed by atoms with E-state index in [1.807, 2.05) is 11.0 Å². The van der Waals surface area contributed by atoms with Gasteiger partial charge in [-0.05, 0) is 51.8 Å². The van der Waals surface area contributed by atoms with E-state index in [4.69, 9.17) is 11.6 Å². The van der Waals surface area contributed by atoms with Crippen LogP contribution in [0, 0.1) is 0 Å². The number of aromatic amines is 1. The lowest BCUT2D eigenvalue weighted by Gasteiger charge is -2.27. The van der Waals surface area contributed by atoms with E-state index in [0.717, 1.165) is 17.6 Å². The van der Waals surface area contributed by atoms with Gasteiger partial charge in [0.05, 0.1) is 4.60 Å². The topological polar surface area (TPSA) is 36.1 Å². The summed E-state index contributed by atoms with van der Waals surface area (Å²) < 4.78 is 0.971. The Labute approximate surface area is 124 Å². The molecule has 1 aliphatic heterocycles. The number of H-pyrrole nitrogens is 1. The molecule has 3 rings (SSSR count). The zero-order valence-corrected chi connectivity index (χ0v) is 12.5. The molecule has 0 bridgehead atoms. The molecule has 0 aliphatic carbocycles. The predicted molar refractivity (Wildman–Crippen MR) is 78.4 cm³/mol. The molecule has 1 aromatic heterocycles. The number of fused-ring (bicyclic) bond motifs is 1. The molecule has 1 N–H and O–H groups in total. The van der Waals surface area contributed by atoms with Gasteiger partial charge in [0, 0.05) is 35.8 Å². The summed E-state index contributed by atoms with van der Waals surface area (Å²) in [5, 5.41) is 0.645. The lowest BCUT2D eigenvalue weighted by molar-refractivity contribution is 0.0734. The third kappa shape index (κ3) is 2.55. The average Bonchev–Trinajstić information content (AvgIpc) is 2.77. The third-order valence-electron chi connectivity index (χ3n) is 3.33. The molecular weight excluding hydrogens is 328 g/mol. The molecule has 2 heterocycles. The zero-order chi connectivity index (χ0) is 13.4. The summed E-state index contributed by atoms with van der Waals surface area (Å²) in [6.45, 7) is 1.39. The van der Waals surface area contributed by atoms with Crippen molar-refractivity contribution in [2.75, 3.05) is 6.54 Å². The molecule has 0 unspecified atom stereocenters. The highest BCUT2D eigenvalue weighted by atomic mass is 79.9. The normalized spacial score (nSPS) is 14.3. The van der Waals surface area contributed by atoms with Crippen molar-refractivity contribution in [1.29, 1.82) is 0 Å². The molecular formula is C14H12BrClN2O. The Kier molecular flexibility index (Phi) is 3.37. The van der Waals surface area contributed by atoms with Gasteiger partial charge in [-0.2, -0.15) is 0 Å². The second-order valence-electron chi connectivity index (χ2n) is 4.60. The van der Waals surface area contributed by atoms with Gasteiger partial charge in [0.2, 0.25) is 0 Å². The van der Waals surface area contributed by atoms with E-state index in [1.54, 1.807) is 24.3 Å². The molecule has 5 heteroatoms. The van der Waals surface area contributed by atoms with Crippen LogP contribution in [0.25, 0.3) is 0 Å². The molecule has 0 atom stereocenters. The van der Waals surface area contributed by atoms with E-state index in [-0.39, 0.29) is 5.91 Å². The van der Waals surface area contributed by atoms with Crippen molar-refractivity contribution in [2.24, 2.45) is 0 Å². The number of rotatable bonds is 1. The molecule has 0 spiro atoms. The minimum atomic E-state index is 0.0552. The smallest absolute Gasteiger partial charge is 0.254 e. The van der Waals surface area contributed by atoms with Crippen molar-refractivity contribution in [3.8, 4) is 0 Å². The van der Waals surface area contributed by atoms with Gasteiger partial charge in [-0.3, -0.25) is 4.79 Å². The van der Waals surface area contributed by atoms with Crippen LogP contribution in [0.3, 0.4) is 0 Å². The van der Waals surface area contributed by atoms with Crippen LogP contribution in [0.5, 0.6) is 0 Å². The van der Waals surface area contributed by atoms with E-state index >= 15 is 0 Å². The van der Waals surface area contributed by atoms with Gasteiger partial charge in [0.1, 0.15) is 0 Å². The molecule has 0 saturated carbocycles. The first-order valence-electron chi connectivity index (χ1n) is 6.04. The van der Waals surface area contributed by atoms with Crippen LogP contribution >= 0.6 is 27.5 Å². The SMILES string of the molecule is O=C(c1ccc(Cl)cc1)N1CCc2[nH]c(Br)cc2C1. The molecule has 1 aliphatic rings. The lowest BCUT2D eigenvalue weighted by Crippen LogP contribution is -2.35. The highest BCUT2D eigenvalue weighted by molar-refractivity contribution is 9.10. The van der Waals surface area contributed by atoms with Crippen molar-refractivity contribution in [2.45, 2.75) is 13.0 Å². The number of nitrogens with one attached hydrogen (secondary N) is 1. The summed E-state index contributed by atoms with van der Waals surface area (Å²) in [6, 6.07) is 9.07. The van der Waals surface area contributed by atoms with E-state index < -0.39 is 0 Å². The van der Waals surface area contributed by atoms with Crippen molar-refractivity contribution in [3.05, 3.63) is 56.8 Å². The number of hydrogen-bond donors (Lipinski definition) is 1. The molecule has 19 heavy (non-hydrogen) atoms. The summed E-state index contributed by atoms with van der Waals surface area (Å²) >= 11 is 9.27. The maximum atomic E-state index is 12.4. The number of aromatic nitrogens is 1. The summed E-state index contributed by atoms with van der Waals surface area (Å²) in [4.78, 5) is 17.5. The van der Waals surface area contributed by atoms with Crippen LogP contribution in [0.4, 0.5) is 0 Å². The molecule has 0 saturated heterocycles. The summed E-state index contributed by atoms with van der Waals surface area (Å²) in [7, 11) is 0. The number of benzene rings is 1. The van der Waals surface area contributed by atoms with Gasteiger partial charge >= 0.3 is 0 Å². The zero-order valence-electron chi connectivity index (χ0n) is 10.1. The van der Waals surface area contributed by atoms with Crippen molar-refractivity contribution >= 4 is 33.4 Å². The number of carbonyl (C=O) groups is 1. The Morgan fingerprint density at radius 3 is 2.79 bits per heavy atom. The Bertz CT molecular complexity index is 621. The molecule has 1 amide bonds. The summed E-state index contributed by atoms with van der Waals surface area (Å²) in [5.41, 5.74) is 3.08. The fourth-order valence-electron chi connectivity index (χ4n) is 2.34. The van der Waals surface area contributed by atoms with E-state index in [2.05, 4.69) is 20.9 Å². The second-order valence-corrected chi connectivity index (χ2v) is 5.90. The first-order chi connectivity index (χ1) is 9.13. The third-order valence-corrected chi connectivity index (χ3v) is 4.01. The fourth-order valence-corrected chi connectivity index (χ4v) is 2.99. The van der Waals surface area contributed by atoms with Crippen LogP contribution in [0.2, 0.25) is 5.02 Å². The Morgan fingerprint density at radius 1 is 1.32 bits per heavy atom. The van der Waals surface area contributed by atoms with Crippen LogP contribution in [0.15, 0.2) is 34.9 Å². The van der Waals surface area contributed by atoms with Crippen molar-refractivity contribution < 1.29 is 4.79 Å². The standard InChI is InChI=1S/C14H12BrClN2O/c15-13-7-10-8-18(6-5-12(10)17-13)14(19)9-1-3-11(16)4-2-9/h1-4,7,17H,5-6,8H2. The first-order valence-corrected chi connectivity index (χ1v) is 7.21. The average molecular weight is 340 g/mol. The summed E-state index contributed by atoms with van der Waals surface area (Å²) in [6.07, 6.45) is 0.861. The maximum Gasteiger partial charge on any atom is 0.254 e. The lowest BCUT2D eigenvalue weighted by atomic mass is 10.1. The highest BCUT2D eigenvalue weighted by Gasteiger charge is 2.23. The van der Waals surface area contributed by atoms with Crippen molar-refractivity contribution in [1.82, 2.24) is 9.88 Å². The largest absolute Gasteiger partial charge is 0.353 e. The van der Waals surface area contributed by atoms with E-state index in [9.17, 15) is 4.79 Å². The summed E-state index contributed by atoms with van der Waals surface area (Å²) in [5.74, 6) is 0.0552. The molecule has 1 aromatic carbocycles. The minimum absolute atomic E-state index is 0.0552. The molecule has 98 valence electrons. The highest BCUT2D eigenvalue weighted by Crippen LogP contribution is 2.23. The molecule has 0 radical (unpaired) electrons. The molecule has 3 nitrogen and oxygen atoms in total. The maximum absolute atomic E-state index is 12.4. The number of carbonyl (C=O) groups excluding carboxylic acids is 1. The van der Waals surface area contributed by atoms with Gasteiger partial charge in [-0.1, -0.05) is 11.6 Å².